The molecule has 0 spiro atoms. The van der Waals surface area contributed by atoms with E-state index in [9.17, 15) is 18.3 Å². The van der Waals surface area contributed by atoms with Gasteiger partial charge in [0.1, 0.15) is 11.4 Å². The molecule has 1 unspecified atom stereocenters. The van der Waals surface area contributed by atoms with E-state index < -0.39 is 21.9 Å². The lowest BCUT2D eigenvalue weighted by Gasteiger charge is -2.37. The van der Waals surface area contributed by atoms with Gasteiger partial charge in [-0.2, -0.15) is 0 Å². The standard InChI is InChI=1S/C27H36N6O6S2/c1-17(2)38-23-9-7-19(41(28,36)37)14-21(23)30-25-31-22(16-40-25)18-6-8-20(29-15-18)24(34)32-10-12-33(13-11-32)26(35)39-27(3,4)5/h6-9,14-17,24,34H,10-13H2,1-5H3,(H,30,31)(H2,28,36,37). The molecule has 222 valence electrons. The molecule has 3 aromatic rings. The number of pyridine rings is 1. The quantitative estimate of drug-likeness (QED) is 0.344. The third-order valence-corrected chi connectivity index (χ3v) is 7.72. The highest BCUT2D eigenvalue weighted by Crippen LogP contribution is 2.34. The summed E-state index contributed by atoms with van der Waals surface area (Å²) >= 11 is 1.33. The summed E-state index contributed by atoms with van der Waals surface area (Å²) in [6.45, 7) is 11.1. The molecule has 1 aliphatic rings. The lowest BCUT2D eigenvalue weighted by Crippen LogP contribution is -2.50. The molecular formula is C27H36N6O6S2. The maximum absolute atomic E-state index is 12.3. The number of benzene rings is 1. The molecular weight excluding hydrogens is 568 g/mol. The van der Waals surface area contributed by atoms with Crippen LogP contribution in [0.2, 0.25) is 0 Å². The van der Waals surface area contributed by atoms with Crippen LogP contribution in [0.3, 0.4) is 0 Å². The van der Waals surface area contributed by atoms with Crippen molar-refractivity contribution in [1.82, 2.24) is 19.8 Å². The first-order valence-electron chi connectivity index (χ1n) is 13.1. The normalized spacial score (nSPS) is 15.6. The number of carbonyl (C=O) groups is 1. The van der Waals surface area contributed by atoms with E-state index in [-0.39, 0.29) is 17.1 Å². The van der Waals surface area contributed by atoms with Crippen LogP contribution in [0.25, 0.3) is 11.3 Å². The second kappa shape index (κ2) is 12.3. The van der Waals surface area contributed by atoms with E-state index in [2.05, 4.69) is 15.3 Å². The summed E-state index contributed by atoms with van der Waals surface area (Å²) in [5, 5.41) is 21.7. The predicted octanol–water partition coefficient (Wildman–Crippen LogP) is 3.93. The Kier molecular flexibility index (Phi) is 9.19. The van der Waals surface area contributed by atoms with Crippen molar-refractivity contribution in [3.8, 4) is 17.0 Å². The van der Waals surface area contributed by atoms with Gasteiger partial charge >= 0.3 is 6.09 Å². The average Bonchev–Trinajstić information content (AvgIpc) is 3.36. The fraction of sp³-hybridized carbons (Fsp3) is 0.444. The first-order valence-corrected chi connectivity index (χ1v) is 15.5. The lowest BCUT2D eigenvalue weighted by molar-refractivity contribution is -0.0373. The Hall–Kier alpha value is -3.30. The molecule has 41 heavy (non-hydrogen) atoms. The number of ether oxygens (including phenoxy) is 2. The number of piperazine rings is 1. The molecule has 1 aromatic carbocycles. The number of anilines is 2. The molecule has 1 amide bonds. The van der Waals surface area contributed by atoms with Crippen LogP contribution in [-0.2, 0) is 14.8 Å². The highest BCUT2D eigenvalue weighted by Gasteiger charge is 2.29. The molecule has 1 aliphatic heterocycles. The molecule has 3 heterocycles. The fourth-order valence-electron chi connectivity index (χ4n) is 4.09. The van der Waals surface area contributed by atoms with E-state index in [1.807, 2.05) is 51.0 Å². The van der Waals surface area contributed by atoms with Gasteiger partial charge in [0.2, 0.25) is 10.0 Å². The zero-order chi connectivity index (χ0) is 29.9. The Morgan fingerprint density at radius 2 is 1.85 bits per heavy atom. The predicted molar refractivity (Wildman–Crippen MR) is 157 cm³/mol. The van der Waals surface area contributed by atoms with Crippen molar-refractivity contribution in [2.24, 2.45) is 5.14 Å². The van der Waals surface area contributed by atoms with Crippen LogP contribution in [0.4, 0.5) is 15.6 Å². The summed E-state index contributed by atoms with van der Waals surface area (Å²) in [4.78, 5) is 24.8. The summed E-state index contributed by atoms with van der Waals surface area (Å²) in [7, 11) is -3.90. The molecule has 4 N–H and O–H groups in total. The summed E-state index contributed by atoms with van der Waals surface area (Å²) < 4.78 is 35.0. The summed E-state index contributed by atoms with van der Waals surface area (Å²) in [6.07, 6.45) is 0.245. The SMILES string of the molecule is CC(C)Oc1ccc(S(N)(=O)=O)cc1Nc1nc(-c2ccc(C(O)N3CCN(C(=O)OC(C)(C)C)CC3)nc2)cs1. The van der Waals surface area contributed by atoms with E-state index >= 15 is 0 Å². The van der Waals surface area contributed by atoms with Crippen molar-refractivity contribution in [3.63, 3.8) is 0 Å². The molecule has 0 radical (unpaired) electrons. The van der Waals surface area contributed by atoms with Gasteiger partial charge in [-0.25, -0.2) is 23.3 Å². The van der Waals surface area contributed by atoms with E-state index in [4.69, 9.17) is 14.6 Å². The van der Waals surface area contributed by atoms with Crippen molar-refractivity contribution in [2.75, 3.05) is 31.5 Å². The summed E-state index contributed by atoms with van der Waals surface area (Å²) in [6, 6.07) is 7.95. The van der Waals surface area contributed by atoms with Crippen molar-refractivity contribution in [2.45, 2.75) is 57.4 Å². The van der Waals surface area contributed by atoms with Crippen LogP contribution >= 0.6 is 11.3 Å². The van der Waals surface area contributed by atoms with Crippen LogP contribution in [0.1, 0.15) is 46.5 Å². The molecule has 4 rings (SSSR count). The number of sulfonamides is 1. The number of hydrogen-bond acceptors (Lipinski definition) is 11. The molecule has 14 heteroatoms. The van der Waals surface area contributed by atoms with Gasteiger partial charge in [-0.1, -0.05) is 0 Å². The minimum Gasteiger partial charge on any atom is -0.489 e. The van der Waals surface area contributed by atoms with Crippen LogP contribution < -0.4 is 15.2 Å². The Bertz CT molecular complexity index is 1460. The van der Waals surface area contributed by atoms with Gasteiger partial charge in [-0.05, 0) is 65.0 Å². The third-order valence-electron chi connectivity index (χ3n) is 6.05. The number of nitrogens with two attached hydrogens (primary N) is 1. The molecule has 1 atom stereocenters. The monoisotopic (exact) mass is 604 g/mol. The van der Waals surface area contributed by atoms with Crippen LogP contribution in [0.5, 0.6) is 5.75 Å². The zero-order valence-electron chi connectivity index (χ0n) is 23.7. The number of carbonyl (C=O) groups excluding carboxylic acids is 1. The van der Waals surface area contributed by atoms with E-state index in [1.54, 1.807) is 23.2 Å². The van der Waals surface area contributed by atoms with Gasteiger partial charge in [-0.15, -0.1) is 11.3 Å². The Morgan fingerprint density at radius 1 is 1.15 bits per heavy atom. The number of aromatic nitrogens is 2. The zero-order valence-corrected chi connectivity index (χ0v) is 25.3. The fourth-order valence-corrected chi connectivity index (χ4v) is 5.36. The number of primary sulfonamides is 1. The number of amides is 1. The van der Waals surface area contributed by atoms with Gasteiger partial charge in [0.15, 0.2) is 11.4 Å². The average molecular weight is 605 g/mol. The molecule has 0 saturated carbocycles. The van der Waals surface area contributed by atoms with Gasteiger partial charge in [0.25, 0.3) is 0 Å². The smallest absolute Gasteiger partial charge is 0.410 e. The first-order chi connectivity index (χ1) is 19.2. The van der Waals surface area contributed by atoms with Crippen molar-refractivity contribution >= 4 is 38.3 Å². The number of nitrogens with one attached hydrogen (secondary N) is 1. The van der Waals surface area contributed by atoms with Crippen molar-refractivity contribution < 1.29 is 27.8 Å². The van der Waals surface area contributed by atoms with E-state index in [1.165, 1.54) is 23.5 Å². The number of hydrogen-bond donors (Lipinski definition) is 3. The van der Waals surface area contributed by atoms with Crippen LogP contribution in [0.15, 0.2) is 46.8 Å². The Labute approximate surface area is 244 Å². The summed E-state index contributed by atoms with van der Waals surface area (Å²) in [5.41, 5.74) is 1.76. The van der Waals surface area contributed by atoms with Gasteiger partial charge in [0.05, 0.1) is 28.1 Å². The number of nitrogens with zero attached hydrogens (tertiary/aromatic N) is 4. The maximum Gasteiger partial charge on any atom is 0.410 e. The molecule has 1 fully saturated rings. The number of thiazole rings is 1. The van der Waals surface area contributed by atoms with Gasteiger partial charge in [-0.3, -0.25) is 9.88 Å². The van der Waals surface area contributed by atoms with Gasteiger partial charge in [0, 0.05) is 43.3 Å². The molecule has 1 saturated heterocycles. The Morgan fingerprint density at radius 3 is 2.44 bits per heavy atom. The number of aliphatic hydroxyl groups is 1. The lowest BCUT2D eigenvalue weighted by atomic mass is 10.2. The Balaban J connectivity index is 1.41. The van der Waals surface area contributed by atoms with Gasteiger partial charge < -0.3 is 24.8 Å². The van der Waals surface area contributed by atoms with E-state index in [0.717, 1.165) is 5.56 Å². The third kappa shape index (κ3) is 8.14. The minimum absolute atomic E-state index is 0.0440. The minimum atomic E-state index is -3.90. The highest BCUT2D eigenvalue weighted by atomic mass is 32.2. The summed E-state index contributed by atoms with van der Waals surface area (Å²) in [5.74, 6) is 0.469. The van der Waals surface area contributed by atoms with Crippen LogP contribution in [-0.4, -0.2) is 77.3 Å². The molecule has 12 nitrogen and oxygen atoms in total. The number of rotatable bonds is 8. The maximum atomic E-state index is 12.3. The molecule has 0 aliphatic carbocycles. The topological polar surface area (TPSA) is 160 Å². The molecule has 0 bridgehead atoms. The van der Waals surface area contributed by atoms with Crippen molar-refractivity contribution in [3.05, 3.63) is 47.6 Å². The molecule has 2 aromatic heterocycles. The second-order valence-electron chi connectivity index (χ2n) is 10.9. The van der Waals surface area contributed by atoms with Crippen molar-refractivity contribution in [1.29, 1.82) is 0 Å². The second-order valence-corrected chi connectivity index (χ2v) is 13.3. The number of aliphatic hydroxyl groups excluding tert-OH is 1. The largest absolute Gasteiger partial charge is 0.489 e. The first kappa shape index (κ1) is 30.7. The highest BCUT2D eigenvalue weighted by molar-refractivity contribution is 7.89. The van der Waals surface area contributed by atoms with Crippen LogP contribution in [0, 0.1) is 0 Å². The van der Waals surface area contributed by atoms with E-state index in [0.29, 0.717) is 54.1 Å².